The molecule has 0 saturated heterocycles. The molecule has 0 aliphatic heterocycles. The van der Waals surface area contributed by atoms with Crippen LogP contribution in [0.4, 0.5) is 5.69 Å². The van der Waals surface area contributed by atoms with E-state index in [1.165, 1.54) is 12.7 Å². The molecule has 0 heterocycles. The summed E-state index contributed by atoms with van der Waals surface area (Å²) < 4.78 is 5.38. The van der Waals surface area contributed by atoms with Crippen molar-refractivity contribution in [3.8, 4) is 5.75 Å². The van der Waals surface area contributed by atoms with Crippen LogP contribution in [0.5, 0.6) is 5.75 Å². The van der Waals surface area contributed by atoms with Crippen LogP contribution in [0.2, 0.25) is 0 Å². The van der Waals surface area contributed by atoms with E-state index in [0.29, 0.717) is 11.3 Å². The number of hydrogen-bond acceptors (Lipinski definition) is 3. The number of hydrogen-bond donors (Lipinski definition) is 1. The molecule has 17 heavy (non-hydrogen) atoms. The van der Waals surface area contributed by atoms with Crippen molar-refractivity contribution < 1.29 is 15.2 Å². The van der Waals surface area contributed by atoms with Crippen molar-refractivity contribution >= 4 is 5.69 Å². The second-order valence-corrected chi connectivity index (χ2v) is 3.38. The van der Waals surface area contributed by atoms with E-state index in [2.05, 4.69) is 0 Å². The molecule has 0 fully saturated rings. The average Bonchev–Trinajstić information content (AvgIpc) is 2.38. The van der Waals surface area contributed by atoms with Gasteiger partial charge in [0, 0.05) is 5.56 Å². The van der Waals surface area contributed by atoms with Crippen LogP contribution in [0.25, 0.3) is 0 Å². The molecule has 2 rings (SSSR count). The zero-order valence-electron chi connectivity index (χ0n) is 8.98. The molecule has 0 spiro atoms. The lowest BCUT2D eigenvalue weighted by molar-refractivity contribution is -0.0271. The molecule has 0 unspecified atom stereocenters. The van der Waals surface area contributed by atoms with Gasteiger partial charge in [0.25, 0.3) is 0 Å². The van der Waals surface area contributed by atoms with Gasteiger partial charge in [0.1, 0.15) is 11.4 Å². The van der Waals surface area contributed by atoms with E-state index < -0.39 is 0 Å². The number of anilines is 1. The van der Waals surface area contributed by atoms with Gasteiger partial charge in [-0.05, 0) is 18.2 Å². The topological polar surface area (TPSA) is 52.6 Å². The second-order valence-electron chi connectivity index (χ2n) is 3.38. The average molecular weight is 229 g/mol. The zero-order valence-corrected chi connectivity index (χ0v) is 8.98. The highest BCUT2D eigenvalue weighted by atomic mass is 16.8. The summed E-state index contributed by atoms with van der Waals surface area (Å²) in [5, 5.41) is 19.6. The Morgan fingerprint density at radius 3 is 2.35 bits per heavy atom. The summed E-state index contributed by atoms with van der Waals surface area (Å²) in [6.45, 7) is 1.42. The van der Waals surface area contributed by atoms with Gasteiger partial charge in [-0.3, -0.25) is 5.21 Å². The molecule has 1 N–H and O–H groups in total. The summed E-state index contributed by atoms with van der Waals surface area (Å²) in [5.41, 5.74) is 0.650. The van der Waals surface area contributed by atoms with Crippen molar-refractivity contribution in [3.05, 3.63) is 66.8 Å². The van der Waals surface area contributed by atoms with E-state index in [1.54, 1.807) is 30.3 Å². The van der Waals surface area contributed by atoms with E-state index in [9.17, 15) is 5.21 Å². The van der Waals surface area contributed by atoms with Crippen LogP contribution in [0.3, 0.4) is 0 Å². The van der Waals surface area contributed by atoms with Gasteiger partial charge in [-0.2, -0.15) is 0 Å². The first kappa shape index (κ1) is 11.4. The SMILES string of the molecule is [O]N(O)c1ccccc1[CH]Oc1ccccc1. The molecule has 4 heteroatoms. The van der Waals surface area contributed by atoms with Gasteiger partial charge in [0.2, 0.25) is 0 Å². The zero-order chi connectivity index (χ0) is 12.1. The summed E-state index contributed by atoms with van der Waals surface area (Å²) in [5.74, 6) is 0.665. The fraction of sp³-hybridized carbons (Fsp3) is 0. The second kappa shape index (κ2) is 5.34. The fourth-order valence-electron chi connectivity index (χ4n) is 1.39. The summed E-state index contributed by atoms with van der Waals surface area (Å²) in [4.78, 5) is 0. The smallest absolute Gasteiger partial charge is 0.167 e. The Labute approximate surface area is 99.2 Å². The van der Waals surface area contributed by atoms with Crippen molar-refractivity contribution in [2.24, 2.45) is 0 Å². The largest absolute Gasteiger partial charge is 0.481 e. The lowest BCUT2D eigenvalue weighted by atomic mass is 10.2. The van der Waals surface area contributed by atoms with E-state index in [0.717, 1.165) is 0 Å². The monoisotopic (exact) mass is 229 g/mol. The Morgan fingerprint density at radius 2 is 1.65 bits per heavy atom. The lowest BCUT2D eigenvalue weighted by Gasteiger charge is -2.11. The molecule has 86 valence electrons. The van der Waals surface area contributed by atoms with Gasteiger partial charge in [-0.15, -0.1) is 0 Å². The molecule has 2 aromatic carbocycles. The predicted octanol–water partition coefficient (Wildman–Crippen LogP) is 2.82. The number of ether oxygens (including phenoxy) is 1. The molecule has 2 radical (unpaired) electrons. The number of rotatable bonds is 4. The first-order valence-corrected chi connectivity index (χ1v) is 5.07. The maximum atomic E-state index is 10.9. The minimum absolute atomic E-state index is 0.142. The van der Waals surface area contributed by atoms with E-state index in [1.807, 2.05) is 18.2 Å². The van der Waals surface area contributed by atoms with Crippen molar-refractivity contribution in [1.29, 1.82) is 0 Å². The van der Waals surface area contributed by atoms with Crippen molar-refractivity contribution in [2.75, 3.05) is 5.23 Å². The highest BCUT2D eigenvalue weighted by Gasteiger charge is 2.08. The molecule has 0 aromatic heterocycles. The minimum atomic E-state index is -0.180. The van der Waals surface area contributed by atoms with Crippen LogP contribution in [0.1, 0.15) is 5.56 Å². The normalized spacial score (nSPS) is 10.0. The molecule has 0 saturated carbocycles. The number of nitrogens with zero attached hydrogens (tertiary/aromatic N) is 1. The quantitative estimate of drug-likeness (QED) is 0.820. The molecular weight excluding hydrogens is 218 g/mol. The Morgan fingerprint density at radius 1 is 1.00 bits per heavy atom. The molecular formula is C13H11NO3. The van der Waals surface area contributed by atoms with E-state index in [4.69, 9.17) is 9.94 Å². The Kier molecular flexibility index (Phi) is 3.59. The fourth-order valence-corrected chi connectivity index (χ4v) is 1.39. The molecule has 2 aromatic rings. The molecule has 4 nitrogen and oxygen atoms in total. The Balaban J connectivity index is 2.09. The first-order chi connectivity index (χ1) is 8.27. The van der Waals surface area contributed by atoms with Crippen molar-refractivity contribution in [2.45, 2.75) is 0 Å². The summed E-state index contributed by atoms with van der Waals surface area (Å²) >= 11 is 0. The third kappa shape index (κ3) is 2.96. The summed E-state index contributed by atoms with van der Waals surface area (Å²) in [6, 6.07) is 15.8. The summed E-state index contributed by atoms with van der Waals surface area (Å²) in [7, 11) is 0. The predicted molar refractivity (Wildman–Crippen MR) is 61.9 cm³/mol. The van der Waals surface area contributed by atoms with Crippen molar-refractivity contribution in [1.82, 2.24) is 0 Å². The maximum Gasteiger partial charge on any atom is 0.167 e. The van der Waals surface area contributed by atoms with Gasteiger partial charge in [0.05, 0.1) is 0 Å². The van der Waals surface area contributed by atoms with Crippen LogP contribution in [0.15, 0.2) is 54.6 Å². The third-order valence-corrected chi connectivity index (χ3v) is 2.21. The highest BCUT2D eigenvalue weighted by molar-refractivity contribution is 5.52. The summed E-state index contributed by atoms with van der Waals surface area (Å²) in [6.07, 6.45) is 0. The molecule has 0 amide bonds. The van der Waals surface area contributed by atoms with Crippen LogP contribution in [-0.4, -0.2) is 5.21 Å². The molecule has 0 aliphatic carbocycles. The maximum absolute atomic E-state index is 10.9. The lowest BCUT2D eigenvalue weighted by Crippen LogP contribution is -2.11. The van der Waals surface area contributed by atoms with Crippen LogP contribution < -0.4 is 9.96 Å². The van der Waals surface area contributed by atoms with Crippen LogP contribution >= 0.6 is 0 Å². The molecule has 0 atom stereocenters. The minimum Gasteiger partial charge on any atom is -0.481 e. The van der Waals surface area contributed by atoms with Crippen LogP contribution in [0, 0.1) is 6.61 Å². The highest BCUT2D eigenvalue weighted by Crippen LogP contribution is 2.21. The number of para-hydroxylation sites is 2. The molecule has 0 aliphatic rings. The van der Waals surface area contributed by atoms with Gasteiger partial charge < -0.3 is 4.74 Å². The Bertz CT molecular complexity index is 471. The first-order valence-electron chi connectivity index (χ1n) is 5.07. The van der Waals surface area contributed by atoms with Gasteiger partial charge in [0.15, 0.2) is 6.61 Å². The van der Waals surface area contributed by atoms with E-state index in [-0.39, 0.29) is 10.9 Å². The van der Waals surface area contributed by atoms with E-state index >= 15 is 0 Å². The van der Waals surface area contributed by atoms with Gasteiger partial charge in [-0.1, -0.05) is 46.8 Å². The molecule has 0 bridgehead atoms. The van der Waals surface area contributed by atoms with Crippen molar-refractivity contribution in [3.63, 3.8) is 0 Å². The van der Waals surface area contributed by atoms with Gasteiger partial charge in [-0.25, -0.2) is 0 Å². The standard InChI is InChI=1S/C13H11NO3/c15-14(16)13-9-5-4-6-11(13)10-17-12-7-2-1-3-8-12/h1-10,15H. The van der Waals surface area contributed by atoms with Gasteiger partial charge >= 0.3 is 0 Å². The third-order valence-electron chi connectivity index (χ3n) is 2.21. The van der Waals surface area contributed by atoms with Crippen LogP contribution in [-0.2, 0) is 5.21 Å². The number of benzene rings is 2. The Hall–Kier alpha value is -2.04.